The Kier molecular flexibility index (Phi) is 3.15. The monoisotopic (exact) mass is 303 g/mol. The third-order valence-corrected chi connectivity index (χ3v) is 4.65. The lowest BCUT2D eigenvalue weighted by atomic mass is 9.97. The van der Waals surface area contributed by atoms with Gasteiger partial charge in [-0.25, -0.2) is 4.98 Å². The summed E-state index contributed by atoms with van der Waals surface area (Å²) in [7, 11) is 0. The van der Waals surface area contributed by atoms with Gasteiger partial charge >= 0.3 is 0 Å². The number of hydrogen-bond acceptors (Lipinski definition) is 5. The Balaban J connectivity index is 1.50. The molecule has 1 N–H and O–H groups in total. The van der Waals surface area contributed by atoms with Crippen LogP contribution < -0.4 is 5.32 Å². The number of carbonyl (C=O) groups excluding carboxylic acids is 1. The zero-order valence-electron chi connectivity index (χ0n) is 11.6. The van der Waals surface area contributed by atoms with Gasteiger partial charge in [0.05, 0.1) is 6.20 Å². The molecular weight excluding hydrogens is 286 g/mol. The third-order valence-electron chi connectivity index (χ3n) is 4.43. The molecule has 110 valence electrons. The van der Waals surface area contributed by atoms with Crippen LogP contribution in [-0.2, 0) is 0 Å². The van der Waals surface area contributed by atoms with E-state index in [0.29, 0.717) is 16.4 Å². The minimum atomic E-state index is -0.105. The molecule has 5 nitrogen and oxygen atoms in total. The molecule has 2 saturated heterocycles. The minimum absolute atomic E-state index is 0.105. The standard InChI is InChI=1S/C15H17N3O2S/c19-15(17-11-3-9-1-2-18(7-9)8-11)12-4-10-5-14(21)20-13(10)6-16-12/h4-6,9,11,21H,1-3,7-8H2,(H,17,19)/t9-,11-/m1/s1. The van der Waals surface area contributed by atoms with Crippen LogP contribution in [0.25, 0.3) is 11.0 Å². The molecule has 0 aliphatic carbocycles. The van der Waals surface area contributed by atoms with Crippen molar-refractivity contribution in [2.45, 2.75) is 24.0 Å². The summed E-state index contributed by atoms with van der Waals surface area (Å²) in [5.74, 6) is 0.631. The van der Waals surface area contributed by atoms with Crippen LogP contribution in [0.2, 0.25) is 0 Å². The fraction of sp³-hybridized carbons (Fsp3) is 0.467. The predicted molar refractivity (Wildman–Crippen MR) is 81.7 cm³/mol. The average Bonchev–Trinajstić information content (AvgIpc) is 2.99. The molecule has 2 aliphatic rings. The van der Waals surface area contributed by atoms with Gasteiger partial charge in [-0.1, -0.05) is 0 Å². The van der Waals surface area contributed by atoms with Gasteiger partial charge in [0.25, 0.3) is 5.91 Å². The Hall–Kier alpha value is -1.53. The second-order valence-electron chi connectivity index (χ2n) is 6.01. The number of fused-ring (bicyclic) bond motifs is 3. The summed E-state index contributed by atoms with van der Waals surface area (Å²) in [6, 6.07) is 3.79. The van der Waals surface area contributed by atoms with Crippen molar-refractivity contribution in [3.8, 4) is 0 Å². The van der Waals surface area contributed by atoms with Gasteiger partial charge < -0.3 is 14.6 Å². The second kappa shape index (κ2) is 5.03. The van der Waals surface area contributed by atoms with Crippen molar-refractivity contribution in [3.05, 3.63) is 24.0 Å². The summed E-state index contributed by atoms with van der Waals surface area (Å²) in [5.41, 5.74) is 1.09. The number of nitrogens with one attached hydrogen (secondary N) is 1. The topological polar surface area (TPSA) is 58.4 Å². The molecule has 0 saturated carbocycles. The molecule has 6 heteroatoms. The maximum absolute atomic E-state index is 12.4. The van der Waals surface area contributed by atoms with Crippen LogP contribution in [0.1, 0.15) is 23.3 Å². The lowest BCUT2D eigenvalue weighted by molar-refractivity contribution is 0.0904. The van der Waals surface area contributed by atoms with Crippen molar-refractivity contribution in [1.29, 1.82) is 0 Å². The van der Waals surface area contributed by atoms with Crippen molar-refractivity contribution in [2.24, 2.45) is 5.92 Å². The fourth-order valence-electron chi connectivity index (χ4n) is 3.48. The zero-order chi connectivity index (χ0) is 14.4. The van der Waals surface area contributed by atoms with E-state index in [1.165, 1.54) is 19.5 Å². The first-order valence-corrected chi connectivity index (χ1v) is 7.74. The first-order chi connectivity index (χ1) is 10.2. The van der Waals surface area contributed by atoms with Crippen molar-refractivity contribution in [3.63, 3.8) is 0 Å². The highest BCUT2D eigenvalue weighted by Gasteiger charge is 2.33. The molecule has 2 fully saturated rings. The van der Waals surface area contributed by atoms with Gasteiger partial charge in [-0.05, 0) is 37.4 Å². The van der Waals surface area contributed by atoms with Crippen LogP contribution in [-0.4, -0.2) is 41.5 Å². The number of furan rings is 1. The summed E-state index contributed by atoms with van der Waals surface area (Å²) in [5, 5.41) is 4.50. The van der Waals surface area contributed by atoms with Gasteiger partial charge in [0.15, 0.2) is 10.7 Å². The molecule has 2 aromatic heterocycles. The number of pyridine rings is 1. The highest BCUT2D eigenvalue weighted by molar-refractivity contribution is 7.80. The van der Waals surface area contributed by atoms with Crippen LogP contribution in [0.15, 0.2) is 27.8 Å². The molecule has 3 atom stereocenters. The van der Waals surface area contributed by atoms with Crippen LogP contribution in [0.3, 0.4) is 0 Å². The van der Waals surface area contributed by atoms with Gasteiger partial charge in [-0.3, -0.25) is 4.79 Å². The number of nitrogens with zero attached hydrogens (tertiary/aromatic N) is 2. The van der Waals surface area contributed by atoms with E-state index in [4.69, 9.17) is 4.42 Å². The largest absolute Gasteiger partial charge is 0.449 e. The van der Waals surface area contributed by atoms with E-state index in [9.17, 15) is 4.79 Å². The quantitative estimate of drug-likeness (QED) is 0.833. The summed E-state index contributed by atoms with van der Waals surface area (Å²) in [6.07, 6.45) is 3.92. The molecule has 21 heavy (non-hydrogen) atoms. The number of thiol groups is 1. The number of hydrogen-bond donors (Lipinski definition) is 2. The molecule has 2 aliphatic heterocycles. The van der Waals surface area contributed by atoms with Crippen molar-refractivity contribution in [2.75, 3.05) is 19.6 Å². The van der Waals surface area contributed by atoms with Gasteiger partial charge in [0.2, 0.25) is 0 Å². The van der Waals surface area contributed by atoms with E-state index < -0.39 is 0 Å². The number of carbonyl (C=O) groups is 1. The number of piperidine rings is 1. The van der Waals surface area contributed by atoms with Gasteiger partial charge in [0.1, 0.15) is 5.69 Å². The lowest BCUT2D eigenvalue weighted by Crippen LogP contribution is -2.47. The molecule has 0 radical (unpaired) electrons. The maximum atomic E-state index is 12.4. The predicted octanol–water partition coefficient (Wildman–Crippen LogP) is 1.94. The Bertz CT molecular complexity index is 687. The molecule has 0 aromatic carbocycles. The number of aromatic nitrogens is 1. The summed E-state index contributed by atoms with van der Waals surface area (Å²) in [6.45, 7) is 3.31. The van der Waals surface area contributed by atoms with E-state index in [0.717, 1.165) is 24.3 Å². The third kappa shape index (κ3) is 2.53. The molecule has 4 rings (SSSR count). The molecule has 0 spiro atoms. The molecule has 4 heterocycles. The molecule has 1 unspecified atom stereocenters. The van der Waals surface area contributed by atoms with E-state index in [-0.39, 0.29) is 11.9 Å². The SMILES string of the molecule is O=C(N[C@@H]1C[C@H]2CCN(C2)C1)c1cc2cc(S)oc2cn1. The Morgan fingerprint density at radius 2 is 2.33 bits per heavy atom. The Labute approximate surface area is 128 Å². The molecule has 2 aromatic rings. The normalized spacial score (nSPS) is 28.0. The highest BCUT2D eigenvalue weighted by atomic mass is 32.1. The second-order valence-corrected chi connectivity index (χ2v) is 6.45. The minimum Gasteiger partial charge on any atom is -0.449 e. The first kappa shape index (κ1) is 13.2. The zero-order valence-corrected chi connectivity index (χ0v) is 12.5. The Morgan fingerprint density at radius 3 is 3.19 bits per heavy atom. The van der Waals surface area contributed by atoms with Crippen LogP contribution in [0.5, 0.6) is 0 Å². The van der Waals surface area contributed by atoms with Gasteiger partial charge in [-0.15, -0.1) is 12.6 Å². The van der Waals surface area contributed by atoms with E-state index in [1.807, 2.05) is 0 Å². The van der Waals surface area contributed by atoms with Crippen molar-refractivity contribution in [1.82, 2.24) is 15.2 Å². The Morgan fingerprint density at radius 1 is 1.43 bits per heavy atom. The molecule has 1 amide bonds. The summed E-state index contributed by atoms with van der Waals surface area (Å²) < 4.78 is 5.35. The highest BCUT2D eigenvalue weighted by Crippen LogP contribution is 2.27. The summed E-state index contributed by atoms with van der Waals surface area (Å²) in [4.78, 5) is 19.0. The number of amides is 1. The summed E-state index contributed by atoms with van der Waals surface area (Å²) >= 11 is 4.16. The number of rotatable bonds is 2. The lowest BCUT2D eigenvalue weighted by Gasteiger charge is -2.30. The smallest absolute Gasteiger partial charge is 0.270 e. The van der Waals surface area contributed by atoms with E-state index >= 15 is 0 Å². The van der Waals surface area contributed by atoms with E-state index in [2.05, 4.69) is 27.8 Å². The average molecular weight is 303 g/mol. The van der Waals surface area contributed by atoms with E-state index in [1.54, 1.807) is 18.3 Å². The van der Waals surface area contributed by atoms with Gasteiger partial charge in [-0.2, -0.15) is 0 Å². The first-order valence-electron chi connectivity index (χ1n) is 7.29. The molecular formula is C15H17N3O2S. The van der Waals surface area contributed by atoms with Crippen LogP contribution in [0, 0.1) is 5.92 Å². The maximum Gasteiger partial charge on any atom is 0.270 e. The fourth-order valence-corrected chi connectivity index (χ4v) is 3.72. The van der Waals surface area contributed by atoms with Crippen molar-refractivity contribution < 1.29 is 9.21 Å². The van der Waals surface area contributed by atoms with Crippen LogP contribution in [0.4, 0.5) is 0 Å². The van der Waals surface area contributed by atoms with Crippen LogP contribution >= 0.6 is 12.6 Å². The van der Waals surface area contributed by atoms with Crippen molar-refractivity contribution >= 4 is 29.5 Å². The van der Waals surface area contributed by atoms with Gasteiger partial charge in [0, 0.05) is 24.5 Å². The molecule has 2 bridgehead atoms.